The van der Waals surface area contributed by atoms with Gasteiger partial charge in [0.25, 0.3) is 5.91 Å². The Morgan fingerprint density at radius 3 is 2.57 bits per heavy atom. The van der Waals surface area contributed by atoms with E-state index in [0.717, 1.165) is 25.0 Å². The summed E-state index contributed by atoms with van der Waals surface area (Å²) in [5.41, 5.74) is -1.14. The summed E-state index contributed by atoms with van der Waals surface area (Å²) in [6.45, 7) is 0.212. The Balaban J connectivity index is 2.12. The number of aromatic hydroxyl groups is 1. The van der Waals surface area contributed by atoms with E-state index >= 15 is 0 Å². The van der Waals surface area contributed by atoms with Crippen LogP contribution in [-0.2, 0) is 0 Å². The van der Waals surface area contributed by atoms with E-state index in [2.05, 4.69) is 0 Å². The molecule has 0 radical (unpaired) electrons. The molecule has 2 N–H and O–H groups in total. The zero-order chi connectivity index (χ0) is 15.6. The fraction of sp³-hybridized carbons (Fsp3) is 0.500. The van der Waals surface area contributed by atoms with Gasteiger partial charge in [0, 0.05) is 25.2 Å². The Bertz CT molecular complexity index is 566. The molecule has 1 saturated carbocycles. The van der Waals surface area contributed by atoms with Gasteiger partial charge in [0.1, 0.15) is 0 Å². The molecule has 0 saturated heterocycles. The van der Waals surface area contributed by atoms with Crippen molar-refractivity contribution in [3.63, 3.8) is 0 Å². The number of rotatable bonds is 4. The topological polar surface area (TPSA) is 104 Å². The molecule has 1 aromatic carbocycles. The number of aliphatic hydroxyl groups is 1. The highest BCUT2D eigenvalue weighted by Gasteiger charge is 2.33. The van der Waals surface area contributed by atoms with Crippen molar-refractivity contribution in [3.05, 3.63) is 33.9 Å². The lowest BCUT2D eigenvalue weighted by Gasteiger charge is -2.28. The number of carbonyl (C=O) groups excluding carboxylic acids is 1. The van der Waals surface area contributed by atoms with Gasteiger partial charge in [-0.15, -0.1) is 0 Å². The summed E-state index contributed by atoms with van der Waals surface area (Å²) >= 11 is 0. The summed E-state index contributed by atoms with van der Waals surface area (Å²) in [4.78, 5) is 23.5. The molecule has 1 amide bonds. The predicted molar refractivity (Wildman–Crippen MR) is 75.1 cm³/mol. The van der Waals surface area contributed by atoms with E-state index in [9.17, 15) is 25.1 Å². The van der Waals surface area contributed by atoms with Crippen LogP contribution < -0.4 is 0 Å². The SMILES string of the molecule is CN(CC1(O)CCCC1)C(=O)c1ccc([N+](=O)[O-])c(O)c1. The van der Waals surface area contributed by atoms with Crippen molar-refractivity contribution in [1.82, 2.24) is 4.90 Å². The van der Waals surface area contributed by atoms with Crippen LogP contribution in [0.25, 0.3) is 0 Å². The Morgan fingerprint density at radius 2 is 2.05 bits per heavy atom. The molecule has 7 nitrogen and oxygen atoms in total. The number of hydrogen-bond acceptors (Lipinski definition) is 5. The van der Waals surface area contributed by atoms with Crippen molar-refractivity contribution in [2.45, 2.75) is 31.3 Å². The van der Waals surface area contributed by atoms with Gasteiger partial charge in [0.15, 0.2) is 5.75 Å². The molecule has 1 aromatic rings. The number of carbonyl (C=O) groups is 1. The second kappa shape index (κ2) is 5.69. The standard InChI is InChI=1S/C14H18N2O5/c1-15(9-14(19)6-2-3-7-14)13(18)10-4-5-11(16(20)21)12(17)8-10/h4-5,8,17,19H,2-3,6-7,9H2,1H3. The molecular formula is C14H18N2O5. The molecule has 7 heteroatoms. The van der Waals surface area contributed by atoms with E-state index in [-0.39, 0.29) is 18.0 Å². The molecule has 1 fully saturated rings. The Kier molecular flexibility index (Phi) is 4.13. The van der Waals surface area contributed by atoms with E-state index in [1.807, 2.05) is 0 Å². The predicted octanol–water partition coefficient (Wildman–Crippen LogP) is 1.68. The van der Waals surface area contributed by atoms with E-state index in [0.29, 0.717) is 12.8 Å². The first-order valence-electron chi connectivity index (χ1n) is 6.78. The van der Waals surface area contributed by atoms with Crippen LogP contribution in [0.3, 0.4) is 0 Å². The van der Waals surface area contributed by atoms with Gasteiger partial charge in [-0.2, -0.15) is 0 Å². The third kappa shape index (κ3) is 3.30. The molecule has 21 heavy (non-hydrogen) atoms. The average Bonchev–Trinajstić information content (AvgIpc) is 2.83. The second-order valence-corrected chi connectivity index (χ2v) is 5.55. The van der Waals surface area contributed by atoms with Crippen LogP contribution in [0.15, 0.2) is 18.2 Å². The lowest BCUT2D eigenvalue weighted by molar-refractivity contribution is -0.385. The summed E-state index contributed by atoms with van der Waals surface area (Å²) in [6, 6.07) is 3.48. The maximum Gasteiger partial charge on any atom is 0.310 e. The van der Waals surface area contributed by atoms with Crippen LogP contribution in [0.5, 0.6) is 5.75 Å². The lowest BCUT2D eigenvalue weighted by atomic mass is 10.0. The highest BCUT2D eigenvalue weighted by atomic mass is 16.6. The van der Waals surface area contributed by atoms with Crippen LogP contribution in [0.4, 0.5) is 5.69 Å². The number of amides is 1. The van der Waals surface area contributed by atoms with Gasteiger partial charge in [-0.1, -0.05) is 12.8 Å². The summed E-state index contributed by atoms with van der Waals surface area (Å²) in [5.74, 6) is -0.931. The average molecular weight is 294 g/mol. The molecule has 0 heterocycles. The van der Waals surface area contributed by atoms with Crippen molar-refractivity contribution in [3.8, 4) is 5.75 Å². The van der Waals surface area contributed by atoms with Gasteiger partial charge in [0.05, 0.1) is 10.5 Å². The van der Waals surface area contributed by atoms with Gasteiger partial charge >= 0.3 is 5.69 Å². The van der Waals surface area contributed by atoms with E-state index in [1.54, 1.807) is 7.05 Å². The van der Waals surface area contributed by atoms with Gasteiger partial charge in [-0.05, 0) is 25.0 Å². The lowest BCUT2D eigenvalue weighted by Crippen LogP contribution is -2.42. The van der Waals surface area contributed by atoms with Crippen molar-refractivity contribution >= 4 is 11.6 Å². The maximum absolute atomic E-state index is 12.2. The first-order valence-corrected chi connectivity index (χ1v) is 6.78. The Labute approximate surface area is 122 Å². The summed E-state index contributed by atoms with van der Waals surface area (Å²) in [7, 11) is 1.57. The minimum Gasteiger partial charge on any atom is -0.502 e. The quantitative estimate of drug-likeness (QED) is 0.649. The monoisotopic (exact) mass is 294 g/mol. The second-order valence-electron chi connectivity index (χ2n) is 5.55. The van der Waals surface area contributed by atoms with Gasteiger partial charge in [0.2, 0.25) is 0 Å². The molecule has 1 aliphatic rings. The molecule has 0 aromatic heterocycles. The molecule has 0 unspecified atom stereocenters. The van der Waals surface area contributed by atoms with Crippen molar-refractivity contribution < 1.29 is 19.9 Å². The molecule has 1 aliphatic carbocycles. The number of nitro groups is 1. The molecule has 0 bridgehead atoms. The van der Waals surface area contributed by atoms with Crippen molar-refractivity contribution in [1.29, 1.82) is 0 Å². The van der Waals surface area contributed by atoms with Crippen LogP contribution >= 0.6 is 0 Å². The molecule has 0 aliphatic heterocycles. The van der Waals surface area contributed by atoms with Crippen LogP contribution in [-0.4, -0.2) is 45.1 Å². The first kappa shape index (κ1) is 15.2. The smallest absolute Gasteiger partial charge is 0.310 e. The third-order valence-corrected chi connectivity index (χ3v) is 3.83. The minimum atomic E-state index is -0.854. The molecule has 0 atom stereocenters. The molecule has 114 valence electrons. The highest BCUT2D eigenvalue weighted by molar-refractivity contribution is 5.95. The highest BCUT2D eigenvalue weighted by Crippen LogP contribution is 2.31. The Morgan fingerprint density at radius 1 is 1.43 bits per heavy atom. The number of nitrogens with zero attached hydrogens (tertiary/aromatic N) is 2. The minimum absolute atomic E-state index is 0.155. The first-order chi connectivity index (χ1) is 9.82. The maximum atomic E-state index is 12.2. The van der Waals surface area contributed by atoms with Gasteiger partial charge in [-0.25, -0.2) is 0 Å². The van der Waals surface area contributed by atoms with E-state index in [4.69, 9.17) is 0 Å². The van der Waals surface area contributed by atoms with Gasteiger partial charge < -0.3 is 15.1 Å². The van der Waals surface area contributed by atoms with Crippen LogP contribution in [0.1, 0.15) is 36.0 Å². The van der Waals surface area contributed by atoms with E-state index < -0.39 is 22.0 Å². The van der Waals surface area contributed by atoms with Crippen LogP contribution in [0.2, 0.25) is 0 Å². The Hall–Kier alpha value is -2.15. The fourth-order valence-corrected chi connectivity index (χ4v) is 2.74. The normalized spacial score (nSPS) is 16.7. The molecular weight excluding hydrogens is 276 g/mol. The third-order valence-electron chi connectivity index (χ3n) is 3.83. The summed E-state index contributed by atoms with van der Waals surface area (Å²) in [5, 5.41) is 30.5. The number of benzene rings is 1. The number of hydrogen-bond donors (Lipinski definition) is 2. The van der Waals surface area contributed by atoms with Gasteiger partial charge in [-0.3, -0.25) is 14.9 Å². The number of phenolic OH excluding ortho intramolecular Hbond substituents is 1. The number of likely N-dealkylation sites (N-methyl/N-ethyl adjacent to an activating group) is 1. The molecule has 2 rings (SSSR count). The largest absolute Gasteiger partial charge is 0.502 e. The summed E-state index contributed by atoms with van der Waals surface area (Å²) in [6.07, 6.45) is 3.21. The summed E-state index contributed by atoms with van der Waals surface area (Å²) < 4.78 is 0. The van der Waals surface area contributed by atoms with Crippen LogP contribution in [0, 0.1) is 10.1 Å². The molecule has 0 spiro atoms. The van der Waals surface area contributed by atoms with Crippen molar-refractivity contribution in [2.24, 2.45) is 0 Å². The van der Waals surface area contributed by atoms with E-state index in [1.165, 1.54) is 11.0 Å². The number of nitro benzene ring substituents is 1. The number of phenols is 1. The van der Waals surface area contributed by atoms with Crippen molar-refractivity contribution in [2.75, 3.05) is 13.6 Å². The fourth-order valence-electron chi connectivity index (χ4n) is 2.74. The zero-order valence-electron chi connectivity index (χ0n) is 11.8. The zero-order valence-corrected chi connectivity index (χ0v) is 11.8.